The first-order valence-electron chi connectivity index (χ1n) is 7.59. The molecule has 3 amide bonds. The molecule has 0 aromatic heterocycles. The molecule has 1 rings (SSSR count). The third-order valence-corrected chi connectivity index (χ3v) is 2.76. The molecule has 0 saturated heterocycles. The number of nitrogens with one attached hydrogen (secondary N) is 3. The zero-order valence-electron chi connectivity index (χ0n) is 14.7. The molecule has 0 radical (unpaired) electrons. The molecular formula is C17H24N4O3. The standard InChI is InChI=1S/C17H24N4O3/c1-11-7-6-8-13(9-11)18-15(23)16(24)21-20-12(2)10-14(22)19-17(3,4)5/h6-9H,10H2,1-5H3,(H,18,23)(H,19,22)(H,21,24). The molecule has 0 atom stereocenters. The van der Waals surface area contributed by atoms with E-state index in [0.717, 1.165) is 5.56 Å². The lowest BCUT2D eigenvalue weighted by Crippen LogP contribution is -2.41. The minimum absolute atomic E-state index is 0.0387. The number of rotatable bonds is 4. The fourth-order valence-corrected chi connectivity index (χ4v) is 1.84. The van der Waals surface area contributed by atoms with E-state index in [1.807, 2.05) is 33.8 Å². The molecule has 0 saturated carbocycles. The molecule has 0 unspecified atom stereocenters. The first-order chi connectivity index (χ1) is 11.1. The molecule has 0 fully saturated rings. The maximum atomic E-state index is 11.8. The van der Waals surface area contributed by atoms with Gasteiger partial charge in [-0.05, 0) is 52.3 Å². The van der Waals surface area contributed by atoms with E-state index in [2.05, 4.69) is 21.2 Å². The van der Waals surface area contributed by atoms with Crippen molar-refractivity contribution in [1.29, 1.82) is 0 Å². The van der Waals surface area contributed by atoms with E-state index >= 15 is 0 Å². The average molecular weight is 332 g/mol. The summed E-state index contributed by atoms with van der Waals surface area (Å²) in [5.74, 6) is -1.93. The van der Waals surface area contributed by atoms with Crippen LogP contribution in [-0.4, -0.2) is 29.0 Å². The zero-order chi connectivity index (χ0) is 18.3. The summed E-state index contributed by atoms with van der Waals surface area (Å²) < 4.78 is 0. The van der Waals surface area contributed by atoms with E-state index in [9.17, 15) is 14.4 Å². The molecule has 1 aromatic carbocycles. The van der Waals surface area contributed by atoms with Gasteiger partial charge in [0.15, 0.2) is 0 Å². The number of hydrogen-bond donors (Lipinski definition) is 3. The highest BCUT2D eigenvalue weighted by Gasteiger charge is 2.16. The number of nitrogens with zero attached hydrogens (tertiary/aromatic N) is 1. The third-order valence-electron chi connectivity index (χ3n) is 2.76. The summed E-state index contributed by atoms with van der Waals surface area (Å²) in [5, 5.41) is 9.03. The Labute approximate surface area is 141 Å². The van der Waals surface area contributed by atoms with Gasteiger partial charge in [-0.15, -0.1) is 0 Å². The fraction of sp³-hybridized carbons (Fsp3) is 0.412. The third kappa shape index (κ3) is 7.53. The van der Waals surface area contributed by atoms with Gasteiger partial charge >= 0.3 is 11.8 Å². The lowest BCUT2D eigenvalue weighted by molar-refractivity contribution is -0.136. The van der Waals surface area contributed by atoms with E-state index in [1.165, 1.54) is 0 Å². The zero-order valence-corrected chi connectivity index (χ0v) is 14.7. The normalized spacial score (nSPS) is 11.6. The van der Waals surface area contributed by atoms with Crippen LogP contribution in [-0.2, 0) is 14.4 Å². The maximum Gasteiger partial charge on any atom is 0.329 e. The molecule has 7 heteroatoms. The first-order valence-corrected chi connectivity index (χ1v) is 7.59. The van der Waals surface area contributed by atoms with Crippen LogP contribution in [0.15, 0.2) is 29.4 Å². The van der Waals surface area contributed by atoms with Crippen molar-refractivity contribution in [2.24, 2.45) is 5.10 Å². The molecule has 1 aromatic rings. The topological polar surface area (TPSA) is 99.7 Å². The van der Waals surface area contributed by atoms with Crippen molar-refractivity contribution in [3.8, 4) is 0 Å². The Morgan fingerprint density at radius 3 is 2.38 bits per heavy atom. The summed E-state index contributed by atoms with van der Waals surface area (Å²) in [6.45, 7) is 9.09. The van der Waals surface area contributed by atoms with E-state index < -0.39 is 11.8 Å². The van der Waals surface area contributed by atoms with Crippen LogP contribution >= 0.6 is 0 Å². The lowest BCUT2D eigenvalue weighted by Gasteiger charge is -2.20. The number of hydrazone groups is 1. The molecule has 0 bridgehead atoms. The number of carbonyl (C=O) groups is 3. The van der Waals surface area contributed by atoms with Gasteiger partial charge in [0.05, 0.1) is 6.42 Å². The number of amides is 3. The number of anilines is 1. The second-order valence-corrected chi connectivity index (χ2v) is 6.59. The fourth-order valence-electron chi connectivity index (χ4n) is 1.84. The minimum Gasteiger partial charge on any atom is -0.351 e. The SMILES string of the molecule is CC(CC(=O)NC(C)(C)C)=NNC(=O)C(=O)Nc1cccc(C)c1. The van der Waals surface area contributed by atoms with Gasteiger partial charge < -0.3 is 10.6 Å². The van der Waals surface area contributed by atoms with Crippen LogP contribution in [0.1, 0.15) is 39.7 Å². The summed E-state index contributed by atoms with van der Waals surface area (Å²) in [7, 11) is 0. The number of aryl methyl sites for hydroxylation is 1. The van der Waals surface area contributed by atoms with Gasteiger partial charge in [0.1, 0.15) is 0 Å². The predicted octanol–water partition coefficient (Wildman–Crippen LogP) is 1.73. The van der Waals surface area contributed by atoms with E-state index in [0.29, 0.717) is 11.4 Å². The number of hydrogen-bond acceptors (Lipinski definition) is 4. The average Bonchev–Trinajstić information content (AvgIpc) is 2.42. The highest BCUT2D eigenvalue weighted by Crippen LogP contribution is 2.09. The smallest absolute Gasteiger partial charge is 0.329 e. The molecular weight excluding hydrogens is 308 g/mol. The minimum atomic E-state index is -0.896. The summed E-state index contributed by atoms with van der Waals surface area (Å²) in [6, 6.07) is 7.09. The second-order valence-electron chi connectivity index (χ2n) is 6.59. The second kappa shape index (κ2) is 8.24. The number of benzene rings is 1. The van der Waals surface area contributed by atoms with E-state index in [4.69, 9.17) is 0 Å². The predicted molar refractivity (Wildman–Crippen MR) is 93.6 cm³/mol. The van der Waals surface area contributed by atoms with Gasteiger partial charge in [-0.3, -0.25) is 14.4 Å². The van der Waals surface area contributed by atoms with Crippen molar-refractivity contribution in [1.82, 2.24) is 10.7 Å². The lowest BCUT2D eigenvalue weighted by atomic mass is 10.1. The molecule has 3 N–H and O–H groups in total. The molecule has 0 spiro atoms. The Bertz CT molecular complexity index is 660. The van der Waals surface area contributed by atoms with Crippen LogP contribution in [0.25, 0.3) is 0 Å². The largest absolute Gasteiger partial charge is 0.351 e. The molecule has 130 valence electrons. The van der Waals surface area contributed by atoms with Gasteiger partial charge in [-0.1, -0.05) is 12.1 Å². The number of carbonyl (C=O) groups excluding carboxylic acids is 3. The summed E-state index contributed by atoms with van der Waals surface area (Å²) >= 11 is 0. The van der Waals surface area contributed by atoms with E-state index in [1.54, 1.807) is 25.1 Å². The first kappa shape index (κ1) is 19.3. The van der Waals surface area contributed by atoms with Crippen LogP contribution in [0, 0.1) is 6.92 Å². The van der Waals surface area contributed by atoms with Gasteiger partial charge in [-0.25, -0.2) is 5.43 Å². The Morgan fingerprint density at radius 1 is 1.12 bits per heavy atom. The molecule has 7 nitrogen and oxygen atoms in total. The quantitative estimate of drug-likeness (QED) is 0.445. The summed E-state index contributed by atoms with van der Waals surface area (Å²) in [4.78, 5) is 35.2. The van der Waals surface area contributed by atoms with Crippen molar-refractivity contribution >= 4 is 29.1 Å². The van der Waals surface area contributed by atoms with Crippen molar-refractivity contribution in [3.05, 3.63) is 29.8 Å². The Kier molecular flexibility index (Phi) is 6.64. The maximum absolute atomic E-state index is 11.8. The molecule has 0 aliphatic rings. The van der Waals surface area contributed by atoms with Crippen LogP contribution in [0.2, 0.25) is 0 Å². The van der Waals surface area contributed by atoms with Crippen molar-refractivity contribution < 1.29 is 14.4 Å². The van der Waals surface area contributed by atoms with E-state index in [-0.39, 0.29) is 17.9 Å². The van der Waals surface area contributed by atoms with Crippen LogP contribution in [0.4, 0.5) is 5.69 Å². The monoisotopic (exact) mass is 332 g/mol. The Morgan fingerprint density at radius 2 is 1.79 bits per heavy atom. The van der Waals surface area contributed by atoms with Crippen LogP contribution in [0.5, 0.6) is 0 Å². The highest BCUT2D eigenvalue weighted by molar-refractivity contribution is 6.39. The van der Waals surface area contributed by atoms with Crippen LogP contribution < -0.4 is 16.1 Å². The van der Waals surface area contributed by atoms with Crippen molar-refractivity contribution in [3.63, 3.8) is 0 Å². The molecule has 0 heterocycles. The molecule has 24 heavy (non-hydrogen) atoms. The van der Waals surface area contributed by atoms with Gasteiger partial charge in [0.25, 0.3) is 0 Å². The summed E-state index contributed by atoms with van der Waals surface area (Å²) in [5.41, 5.74) is 3.69. The van der Waals surface area contributed by atoms with Gasteiger partial charge in [0.2, 0.25) is 5.91 Å². The summed E-state index contributed by atoms with van der Waals surface area (Å²) in [6.07, 6.45) is 0.0387. The van der Waals surface area contributed by atoms with Crippen molar-refractivity contribution in [2.45, 2.75) is 46.6 Å². The van der Waals surface area contributed by atoms with Gasteiger partial charge in [-0.2, -0.15) is 5.10 Å². The van der Waals surface area contributed by atoms with Crippen LogP contribution in [0.3, 0.4) is 0 Å². The highest BCUT2D eigenvalue weighted by atomic mass is 16.2. The molecule has 0 aliphatic heterocycles. The Hall–Kier alpha value is -2.70. The van der Waals surface area contributed by atoms with Crippen molar-refractivity contribution in [2.75, 3.05) is 5.32 Å². The van der Waals surface area contributed by atoms with Gasteiger partial charge in [0, 0.05) is 16.9 Å². The molecule has 0 aliphatic carbocycles. The Balaban J connectivity index is 2.51.